The molecule has 1 atom stereocenters. The summed E-state index contributed by atoms with van der Waals surface area (Å²) in [4.78, 5) is 8.45. The molecule has 3 rings (SSSR count). The van der Waals surface area contributed by atoms with Crippen molar-refractivity contribution in [3.05, 3.63) is 42.4 Å². The van der Waals surface area contributed by atoms with E-state index in [2.05, 4.69) is 21.9 Å². The zero-order valence-corrected chi connectivity index (χ0v) is 13.9. The van der Waals surface area contributed by atoms with Crippen molar-refractivity contribution in [2.24, 2.45) is 0 Å². The first-order chi connectivity index (χ1) is 11.6. The van der Waals surface area contributed by atoms with E-state index in [1.807, 2.05) is 6.07 Å². The number of rotatable bonds is 5. The second-order valence-electron chi connectivity index (χ2n) is 5.17. The topological polar surface area (TPSA) is 93.6 Å². The fourth-order valence-electron chi connectivity index (χ4n) is 2.50. The number of fused-ring (bicyclic) bond motifs is 1. The SMILES string of the molecule is C=C(Nc1cnc(OC)c(S(=O)O)c1)c1ccnc2c1OCCC2. The summed E-state index contributed by atoms with van der Waals surface area (Å²) in [5.41, 5.74) is 2.84. The minimum atomic E-state index is -2.20. The summed E-state index contributed by atoms with van der Waals surface area (Å²) in [6.45, 7) is 4.68. The summed E-state index contributed by atoms with van der Waals surface area (Å²) >= 11 is -2.20. The highest BCUT2D eigenvalue weighted by Gasteiger charge is 2.18. The van der Waals surface area contributed by atoms with Crippen LogP contribution in [0.5, 0.6) is 11.6 Å². The maximum atomic E-state index is 11.4. The van der Waals surface area contributed by atoms with Gasteiger partial charge in [0, 0.05) is 17.5 Å². The van der Waals surface area contributed by atoms with Crippen molar-refractivity contribution in [1.29, 1.82) is 0 Å². The Bertz CT molecular complexity index is 810. The van der Waals surface area contributed by atoms with E-state index in [1.165, 1.54) is 19.4 Å². The van der Waals surface area contributed by atoms with E-state index >= 15 is 0 Å². The Hall–Kier alpha value is -2.45. The normalized spacial score (nSPS) is 14.2. The lowest BCUT2D eigenvalue weighted by atomic mass is 10.1. The van der Waals surface area contributed by atoms with Crippen molar-refractivity contribution >= 4 is 22.5 Å². The summed E-state index contributed by atoms with van der Waals surface area (Å²) in [6, 6.07) is 3.32. The molecular formula is C16H17N3O4S. The third-order valence-corrected chi connectivity index (χ3v) is 4.27. The van der Waals surface area contributed by atoms with Crippen LogP contribution in [0.25, 0.3) is 5.70 Å². The Morgan fingerprint density at radius 2 is 2.33 bits per heavy atom. The molecule has 2 aromatic rings. The average molecular weight is 347 g/mol. The van der Waals surface area contributed by atoms with Crippen molar-refractivity contribution in [2.75, 3.05) is 19.0 Å². The average Bonchev–Trinajstić information content (AvgIpc) is 2.61. The number of aryl methyl sites for hydroxylation is 1. The Balaban J connectivity index is 1.88. The van der Waals surface area contributed by atoms with Crippen LogP contribution in [0.4, 0.5) is 5.69 Å². The Labute approximate surface area is 142 Å². The quantitative estimate of drug-likeness (QED) is 0.803. The molecule has 1 aliphatic heterocycles. The van der Waals surface area contributed by atoms with E-state index in [9.17, 15) is 8.76 Å². The number of nitrogens with one attached hydrogen (secondary N) is 1. The molecule has 0 bridgehead atoms. The predicted molar refractivity (Wildman–Crippen MR) is 90.5 cm³/mol. The van der Waals surface area contributed by atoms with Crippen molar-refractivity contribution < 1.29 is 18.2 Å². The zero-order chi connectivity index (χ0) is 17.1. The third kappa shape index (κ3) is 3.24. The van der Waals surface area contributed by atoms with Crippen LogP contribution in [0.2, 0.25) is 0 Å². The Morgan fingerprint density at radius 3 is 3.08 bits per heavy atom. The molecule has 1 unspecified atom stereocenters. The van der Waals surface area contributed by atoms with Crippen LogP contribution >= 0.6 is 0 Å². The third-order valence-electron chi connectivity index (χ3n) is 3.60. The molecule has 24 heavy (non-hydrogen) atoms. The molecule has 8 heteroatoms. The molecule has 0 saturated carbocycles. The minimum Gasteiger partial charge on any atom is -0.491 e. The van der Waals surface area contributed by atoms with Gasteiger partial charge in [-0.1, -0.05) is 6.58 Å². The molecule has 0 saturated heterocycles. The number of anilines is 1. The molecule has 3 heterocycles. The van der Waals surface area contributed by atoms with Gasteiger partial charge in [-0.25, -0.2) is 9.19 Å². The maximum absolute atomic E-state index is 11.4. The van der Waals surface area contributed by atoms with Gasteiger partial charge in [-0.15, -0.1) is 0 Å². The van der Waals surface area contributed by atoms with Crippen molar-refractivity contribution in [3.63, 3.8) is 0 Å². The molecule has 2 aromatic heterocycles. The highest BCUT2D eigenvalue weighted by Crippen LogP contribution is 2.32. The standard InChI is InChI=1S/C16H17N3O4S/c1-10(12-5-6-17-13-4-3-7-23-15(12)13)19-11-8-14(24(20)21)16(22-2)18-9-11/h5-6,8-9,19H,1,3-4,7H2,2H3,(H,20,21). The molecule has 1 aliphatic rings. The lowest BCUT2D eigenvalue weighted by molar-refractivity contribution is 0.284. The largest absolute Gasteiger partial charge is 0.491 e. The van der Waals surface area contributed by atoms with E-state index < -0.39 is 11.1 Å². The number of ether oxygens (including phenoxy) is 2. The lowest BCUT2D eigenvalue weighted by Crippen LogP contribution is -2.13. The molecule has 0 amide bonds. The second-order valence-corrected chi connectivity index (χ2v) is 6.11. The lowest BCUT2D eigenvalue weighted by Gasteiger charge is -2.21. The fraction of sp³-hybridized carbons (Fsp3) is 0.250. The van der Waals surface area contributed by atoms with Crippen LogP contribution < -0.4 is 14.8 Å². The molecular weight excluding hydrogens is 330 g/mol. The number of hydrogen-bond acceptors (Lipinski definition) is 6. The summed E-state index contributed by atoms with van der Waals surface area (Å²) < 4.78 is 31.4. The van der Waals surface area contributed by atoms with Crippen LogP contribution in [-0.4, -0.2) is 32.4 Å². The molecule has 7 nitrogen and oxygen atoms in total. The van der Waals surface area contributed by atoms with Gasteiger partial charge in [-0.3, -0.25) is 4.98 Å². The van der Waals surface area contributed by atoms with E-state index in [0.717, 1.165) is 29.8 Å². The monoisotopic (exact) mass is 347 g/mol. The number of aromatic nitrogens is 2. The number of pyridine rings is 2. The Morgan fingerprint density at radius 1 is 1.50 bits per heavy atom. The van der Waals surface area contributed by atoms with Crippen molar-refractivity contribution in [1.82, 2.24) is 9.97 Å². The van der Waals surface area contributed by atoms with Crippen LogP contribution in [0.15, 0.2) is 36.0 Å². The van der Waals surface area contributed by atoms with Crippen LogP contribution in [0.3, 0.4) is 0 Å². The molecule has 126 valence electrons. The number of methoxy groups -OCH3 is 1. The van der Waals surface area contributed by atoms with E-state index in [4.69, 9.17) is 9.47 Å². The molecule has 0 radical (unpaired) electrons. The minimum absolute atomic E-state index is 0.0864. The smallest absolute Gasteiger partial charge is 0.232 e. The number of hydrogen-bond donors (Lipinski definition) is 2. The van der Waals surface area contributed by atoms with Gasteiger partial charge in [0.1, 0.15) is 10.6 Å². The summed E-state index contributed by atoms with van der Waals surface area (Å²) in [5.74, 6) is 0.838. The zero-order valence-electron chi connectivity index (χ0n) is 13.1. The first-order valence-corrected chi connectivity index (χ1v) is 8.42. The summed E-state index contributed by atoms with van der Waals surface area (Å²) in [7, 11) is 1.39. The number of nitrogens with zero attached hydrogens (tertiary/aromatic N) is 2. The highest BCUT2D eigenvalue weighted by molar-refractivity contribution is 7.79. The van der Waals surface area contributed by atoms with Gasteiger partial charge >= 0.3 is 0 Å². The van der Waals surface area contributed by atoms with Gasteiger partial charge in [-0.05, 0) is 25.0 Å². The van der Waals surface area contributed by atoms with Gasteiger partial charge in [-0.2, -0.15) is 0 Å². The molecule has 0 fully saturated rings. The van der Waals surface area contributed by atoms with Crippen LogP contribution in [-0.2, 0) is 17.5 Å². The maximum Gasteiger partial charge on any atom is 0.232 e. The second kappa shape index (κ2) is 6.98. The fourth-order valence-corrected chi connectivity index (χ4v) is 3.02. The van der Waals surface area contributed by atoms with Gasteiger partial charge in [0.15, 0.2) is 11.1 Å². The van der Waals surface area contributed by atoms with E-state index in [1.54, 1.807) is 6.20 Å². The first-order valence-electron chi connectivity index (χ1n) is 7.32. The van der Waals surface area contributed by atoms with E-state index in [0.29, 0.717) is 18.0 Å². The van der Waals surface area contributed by atoms with Crippen LogP contribution in [0.1, 0.15) is 17.7 Å². The predicted octanol–water partition coefficient (Wildman–Crippen LogP) is 2.47. The van der Waals surface area contributed by atoms with E-state index in [-0.39, 0.29) is 10.8 Å². The highest BCUT2D eigenvalue weighted by atomic mass is 32.2. The summed E-state index contributed by atoms with van der Waals surface area (Å²) in [5, 5.41) is 3.09. The van der Waals surface area contributed by atoms with Gasteiger partial charge < -0.3 is 19.3 Å². The van der Waals surface area contributed by atoms with Gasteiger partial charge in [0.2, 0.25) is 5.88 Å². The molecule has 0 spiro atoms. The van der Waals surface area contributed by atoms with Gasteiger partial charge in [0.25, 0.3) is 0 Å². The molecule has 2 N–H and O–H groups in total. The molecule has 0 aliphatic carbocycles. The van der Waals surface area contributed by atoms with Crippen molar-refractivity contribution in [2.45, 2.75) is 17.7 Å². The Kier molecular flexibility index (Phi) is 4.77. The molecule has 0 aromatic carbocycles. The van der Waals surface area contributed by atoms with Crippen molar-refractivity contribution in [3.8, 4) is 11.6 Å². The van der Waals surface area contributed by atoms with Crippen LogP contribution in [0, 0.1) is 0 Å². The summed E-state index contributed by atoms with van der Waals surface area (Å²) in [6.07, 6.45) is 5.04. The first kappa shape index (κ1) is 16.4. The van der Waals surface area contributed by atoms with Gasteiger partial charge in [0.05, 0.1) is 31.3 Å².